The highest BCUT2D eigenvalue weighted by molar-refractivity contribution is 7.84. The monoisotopic (exact) mass is 242 g/mol. The summed E-state index contributed by atoms with van der Waals surface area (Å²) in [6.07, 6.45) is 0. The lowest BCUT2D eigenvalue weighted by Gasteiger charge is -2.06. The first-order valence-electron chi connectivity index (χ1n) is 3.39. The van der Waals surface area contributed by atoms with E-state index >= 15 is 0 Å². The van der Waals surface area contributed by atoms with Gasteiger partial charge in [-0.15, -0.1) is 0 Å². The molecular weight excluding hydrogens is 232 g/mol. The molecule has 0 aromatic heterocycles. The number of carboxylic acids is 1. The number of nitrogens with zero attached hydrogens (tertiary/aromatic N) is 1. The molecule has 14 heavy (non-hydrogen) atoms. The maximum Gasteiger partial charge on any atom is 0.358 e. The van der Waals surface area contributed by atoms with Gasteiger partial charge in [0.15, 0.2) is 6.04 Å². The van der Waals surface area contributed by atoms with Crippen LogP contribution in [-0.2, 0) is 15.1 Å². The Balaban J connectivity index is 4.57. The summed E-state index contributed by atoms with van der Waals surface area (Å²) in [5, 5.41) is 8.52. The molecule has 0 saturated heterocycles. The molecule has 9 heteroatoms. The Morgan fingerprint density at radius 1 is 1.64 bits per heavy atom. The van der Waals surface area contributed by atoms with Crippen molar-refractivity contribution in [2.45, 2.75) is 13.0 Å². The van der Waals surface area contributed by atoms with Gasteiger partial charge in [-0.3, -0.25) is 9.55 Å². The van der Waals surface area contributed by atoms with Gasteiger partial charge in [-0.05, 0) is 6.92 Å². The first kappa shape index (κ1) is 13.2. The van der Waals surface area contributed by atoms with Crippen molar-refractivity contribution < 1.29 is 22.9 Å². The molecular formula is C5H10N2O5S2. The van der Waals surface area contributed by atoms with Crippen molar-refractivity contribution in [2.75, 3.05) is 5.75 Å². The van der Waals surface area contributed by atoms with Gasteiger partial charge < -0.3 is 5.11 Å². The highest BCUT2D eigenvalue weighted by atomic mass is 32.2. The van der Waals surface area contributed by atoms with Crippen LogP contribution < -0.4 is 4.72 Å². The lowest BCUT2D eigenvalue weighted by atomic mass is 10.3. The van der Waals surface area contributed by atoms with E-state index in [9.17, 15) is 13.2 Å². The summed E-state index contributed by atoms with van der Waals surface area (Å²) in [5.74, 6) is -1.51. The summed E-state index contributed by atoms with van der Waals surface area (Å²) >= 11 is 3.71. The minimum Gasteiger partial charge on any atom is -0.480 e. The van der Waals surface area contributed by atoms with Crippen molar-refractivity contribution >= 4 is 34.7 Å². The summed E-state index contributed by atoms with van der Waals surface area (Å²) in [7, 11) is -4.40. The second-order valence-corrected chi connectivity index (χ2v) is 3.85. The Morgan fingerprint density at radius 3 is 2.43 bits per heavy atom. The minimum absolute atomic E-state index is 0.0696. The molecule has 0 aromatic carbocycles. The summed E-state index contributed by atoms with van der Waals surface area (Å²) < 4.78 is 30.5. The van der Waals surface area contributed by atoms with E-state index < -0.39 is 22.3 Å². The molecule has 0 fully saturated rings. The van der Waals surface area contributed by atoms with E-state index in [-0.39, 0.29) is 11.6 Å². The number of carboxylic acid groups (broad SMARTS) is 1. The standard InChI is InChI=1S/C5H10N2O5S2/c1-3(7-14(10,11)12)6-4(2-13)5(8)9/h4,13H,2H2,1H3,(H,6,7)(H,8,9)(H,10,11,12)/t4-/m0/s1. The van der Waals surface area contributed by atoms with E-state index in [1.165, 1.54) is 6.92 Å². The number of hydrogen-bond acceptors (Lipinski definition) is 5. The normalized spacial score (nSPS) is 14.9. The second-order valence-electron chi connectivity index (χ2n) is 2.33. The summed E-state index contributed by atoms with van der Waals surface area (Å²) in [5.41, 5.74) is 0. The van der Waals surface area contributed by atoms with E-state index in [0.717, 1.165) is 0 Å². The van der Waals surface area contributed by atoms with E-state index in [1.54, 1.807) is 4.72 Å². The zero-order valence-corrected chi connectivity index (χ0v) is 8.92. The first-order chi connectivity index (χ1) is 6.26. The molecule has 0 aromatic rings. The van der Waals surface area contributed by atoms with Crippen molar-refractivity contribution in [3.63, 3.8) is 0 Å². The van der Waals surface area contributed by atoms with Crippen LogP contribution in [0.4, 0.5) is 0 Å². The Kier molecular flexibility index (Phi) is 4.88. The van der Waals surface area contributed by atoms with Gasteiger partial charge in [-0.1, -0.05) is 0 Å². The maximum atomic E-state index is 10.4. The molecule has 7 nitrogen and oxygen atoms in total. The van der Waals surface area contributed by atoms with E-state index in [1.807, 2.05) is 0 Å². The van der Waals surface area contributed by atoms with Gasteiger partial charge in [0.25, 0.3) is 0 Å². The molecule has 0 bridgehead atoms. The van der Waals surface area contributed by atoms with E-state index in [4.69, 9.17) is 9.66 Å². The molecule has 0 radical (unpaired) electrons. The average Bonchev–Trinajstić information content (AvgIpc) is 1.96. The molecule has 0 heterocycles. The Labute approximate surface area is 86.5 Å². The molecule has 0 aliphatic carbocycles. The largest absolute Gasteiger partial charge is 0.480 e. The van der Waals surface area contributed by atoms with Crippen molar-refractivity contribution in [1.82, 2.24) is 4.72 Å². The Bertz CT molecular complexity index is 336. The van der Waals surface area contributed by atoms with E-state index in [2.05, 4.69) is 17.6 Å². The number of aliphatic carboxylic acids is 1. The van der Waals surface area contributed by atoms with Crippen LogP contribution in [0.3, 0.4) is 0 Å². The van der Waals surface area contributed by atoms with Gasteiger partial charge in [-0.25, -0.2) is 9.52 Å². The molecule has 82 valence electrons. The second kappa shape index (κ2) is 5.17. The van der Waals surface area contributed by atoms with Crippen LogP contribution in [-0.4, -0.2) is 41.7 Å². The predicted octanol–water partition coefficient (Wildman–Crippen LogP) is -0.820. The third-order valence-corrected chi connectivity index (χ3v) is 1.98. The van der Waals surface area contributed by atoms with Crippen molar-refractivity contribution in [2.24, 2.45) is 4.99 Å². The van der Waals surface area contributed by atoms with Crippen LogP contribution in [0.25, 0.3) is 0 Å². The Morgan fingerprint density at radius 2 is 2.14 bits per heavy atom. The van der Waals surface area contributed by atoms with Gasteiger partial charge >= 0.3 is 16.3 Å². The molecule has 0 aliphatic rings. The highest BCUT2D eigenvalue weighted by Crippen LogP contribution is 1.95. The van der Waals surface area contributed by atoms with Crippen LogP contribution in [0.1, 0.15) is 6.92 Å². The topological polar surface area (TPSA) is 116 Å². The SMILES string of the molecule is CC(=N[C@@H](CS)C(=O)O)NS(=O)(=O)O. The summed E-state index contributed by atoms with van der Waals surface area (Å²) in [6.45, 7) is 1.22. The number of aliphatic imine (C=N–C) groups is 1. The quantitative estimate of drug-likeness (QED) is 0.222. The van der Waals surface area contributed by atoms with Crippen molar-refractivity contribution in [3.05, 3.63) is 0 Å². The maximum absolute atomic E-state index is 10.4. The number of hydrogen-bond donors (Lipinski definition) is 4. The molecule has 0 saturated carbocycles. The van der Waals surface area contributed by atoms with Crippen molar-refractivity contribution in [1.29, 1.82) is 0 Å². The molecule has 3 N–H and O–H groups in total. The fourth-order valence-corrected chi connectivity index (χ4v) is 1.28. The predicted molar refractivity (Wildman–Crippen MR) is 53.1 cm³/mol. The number of thiol groups is 1. The van der Waals surface area contributed by atoms with Gasteiger partial charge in [0.2, 0.25) is 0 Å². The number of rotatable bonds is 4. The van der Waals surface area contributed by atoms with E-state index in [0.29, 0.717) is 0 Å². The van der Waals surface area contributed by atoms with Gasteiger partial charge in [-0.2, -0.15) is 21.0 Å². The highest BCUT2D eigenvalue weighted by Gasteiger charge is 2.15. The third-order valence-electron chi connectivity index (χ3n) is 1.08. The number of carbonyl (C=O) groups is 1. The lowest BCUT2D eigenvalue weighted by molar-refractivity contribution is -0.137. The molecule has 0 unspecified atom stereocenters. The number of amidine groups is 1. The van der Waals surface area contributed by atoms with Crippen LogP contribution in [0.2, 0.25) is 0 Å². The molecule has 1 atom stereocenters. The summed E-state index contributed by atoms with van der Waals surface area (Å²) in [6, 6.07) is -1.15. The molecule has 0 aliphatic heterocycles. The van der Waals surface area contributed by atoms with Crippen molar-refractivity contribution in [3.8, 4) is 0 Å². The fraction of sp³-hybridized carbons (Fsp3) is 0.600. The van der Waals surface area contributed by atoms with Crippen LogP contribution >= 0.6 is 12.6 Å². The van der Waals surface area contributed by atoms with Crippen LogP contribution in [0.5, 0.6) is 0 Å². The zero-order chi connectivity index (χ0) is 11.4. The lowest BCUT2D eigenvalue weighted by Crippen LogP contribution is -2.31. The van der Waals surface area contributed by atoms with Gasteiger partial charge in [0, 0.05) is 5.75 Å². The number of nitrogens with one attached hydrogen (secondary N) is 1. The first-order valence-corrected chi connectivity index (χ1v) is 5.47. The molecule has 0 rings (SSSR count). The minimum atomic E-state index is -4.40. The van der Waals surface area contributed by atoms with Crippen LogP contribution in [0, 0.1) is 0 Å². The summed E-state index contributed by atoms with van der Waals surface area (Å²) in [4.78, 5) is 13.9. The third kappa shape index (κ3) is 5.78. The molecule has 0 amide bonds. The smallest absolute Gasteiger partial charge is 0.358 e. The zero-order valence-electron chi connectivity index (χ0n) is 7.21. The average molecular weight is 242 g/mol. The van der Waals surface area contributed by atoms with Gasteiger partial charge in [0.1, 0.15) is 5.84 Å². The van der Waals surface area contributed by atoms with Gasteiger partial charge in [0.05, 0.1) is 0 Å². The fourth-order valence-electron chi connectivity index (χ4n) is 0.621. The van der Waals surface area contributed by atoms with Crippen LogP contribution in [0.15, 0.2) is 4.99 Å². The molecule has 0 spiro atoms. The Hall–Kier alpha value is -0.800.